The molecule has 0 bridgehead atoms. The molecule has 6 heteroatoms. The van der Waals surface area contributed by atoms with Crippen LogP contribution in [0.5, 0.6) is 11.5 Å². The summed E-state index contributed by atoms with van der Waals surface area (Å²) in [6.07, 6.45) is 1.47. The SMILES string of the molecule is CCOc1cc(O)cc(/C=N/NC(=O)CN(CC)c2ccccc2)c1. The van der Waals surface area contributed by atoms with E-state index in [1.54, 1.807) is 12.1 Å². The van der Waals surface area contributed by atoms with Gasteiger partial charge in [0, 0.05) is 23.9 Å². The lowest BCUT2D eigenvalue weighted by molar-refractivity contribution is -0.119. The molecule has 0 unspecified atom stereocenters. The second kappa shape index (κ2) is 9.32. The fourth-order valence-electron chi connectivity index (χ4n) is 2.34. The standard InChI is InChI=1S/C19H23N3O3/c1-3-22(16-8-6-5-7-9-16)14-19(24)21-20-13-15-10-17(23)12-18(11-15)25-4-2/h5-13,23H,3-4,14H2,1-2H3,(H,21,24)/b20-13+. The second-order valence-corrected chi connectivity index (χ2v) is 5.34. The molecule has 0 heterocycles. The number of para-hydroxylation sites is 1. The lowest BCUT2D eigenvalue weighted by Gasteiger charge is -2.21. The van der Waals surface area contributed by atoms with Gasteiger partial charge in [-0.25, -0.2) is 5.43 Å². The summed E-state index contributed by atoms with van der Waals surface area (Å²) < 4.78 is 5.36. The lowest BCUT2D eigenvalue weighted by atomic mass is 10.2. The third-order valence-electron chi connectivity index (χ3n) is 3.47. The summed E-state index contributed by atoms with van der Waals surface area (Å²) in [5.74, 6) is 0.420. The van der Waals surface area contributed by atoms with Crippen molar-refractivity contribution in [1.29, 1.82) is 0 Å². The Bertz CT molecular complexity index is 717. The molecule has 2 aromatic carbocycles. The van der Waals surface area contributed by atoms with Gasteiger partial charge in [-0.2, -0.15) is 5.10 Å². The fourth-order valence-corrected chi connectivity index (χ4v) is 2.34. The van der Waals surface area contributed by atoms with E-state index in [4.69, 9.17) is 4.74 Å². The van der Waals surface area contributed by atoms with Crippen molar-refractivity contribution >= 4 is 17.8 Å². The van der Waals surface area contributed by atoms with Gasteiger partial charge in [0.05, 0.1) is 19.4 Å². The molecule has 1 amide bonds. The minimum atomic E-state index is -0.216. The number of ether oxygens (including phenoxy) is 1. The van der Waals surface area contributed by atoms with Crippen LogP contribution < -0.4 is 15.1 Å². The van der Waals surface area contributed by atoms with Gasteiger partial charge < -0.3 is 14.7 Å². The average molecular weight is 341 g/mol. The van der Waals surface area contributed by atoms with Gasteiger partial charge in [0.2, 0.25) is 0 Å². The summed E-state index contributed by atoms with van der Waals surface area (Å²) in [6.45, 7) is 5.28. The molecule has 0 aliphatic rings. The summed E-state index contributed by atoms with van der Waals surface area (Å²) in [6, 6.07) is 14.5. The normalized spacial score (nSPS) is 10.6. The summed E-state index contributed by atoms with van der Waals surface area (Å²) >= 11 is 0. The molecule has 6 nitrogen and oxygen atoms in total. The molecule has 2 aromatic rings. The Morgan fingerprint density at radius 3 is 2.68 bits per heavy atom. The van der Waals surface area contributed by atoms with E-state index in [2.05, 4.69) is 10.5 Å². The molecule has 0 aliphatic carbocycles. The highest BCUT2D eigenvalue weighted by Crippen LogP contribution is 2.20. The number of amides is 1. The number of phenols is 1. The number of anilines is 1. The van der Waals surface area contributed by atoms with Gasteiger partial charge >= 0.3 is 0 Å². The number of nitrogens with one attached hydrogen (secondary N) is 1. The largest absolute Gasteiger partial charge is 0.508 e. The number of hydrogen-bond acceptors (Lipinski definition) is 5. The topological polar surface area (TPSA) is 74.2 Å². The first-order chi connectivity index (χ1) is 12.1. The van der Waals surface area contributed by atoms with E-state index in [1.807, 2.05) is 49.1 Å². The van der Waals surface area contributed by atoms with Crippen LogP contribution in [0.3, 0.4) is 0 Å². The van der Waals surface area contributed by atoms with Gasteiger partial charge in [0.1, 0.15) is 11.5 Å². The molecule has 0 aliphatic heterocycles. The molecule has 132 valence electrons. The number of hydrazone groups is 1. The number of benzene rings is 2. The van der Waals surface area contributed by atoms with E-state index in [-0.39, 0.29) is 18.2 Å². The van der Waals surface area contributed by atoms with E-state index in [1.165, 1.54) is 12.3 Å². The molecule has 0 saturated heterocycles. The van der Waals surface area contributed by atoms with Crippen LogP contribution in [-0.2, 0) is 4.79 Å². The van der Waals surface area contributed by atoms with Crippen molar-refractivity contribution in [2.24, 2.45) is 5.10 Å². The van der Waals surface area contributed by atoms with Crippen LogP contribution in [0.2, 0.25) is 0 Å². The molecular formula is C19H23N3O3. The van der Waals surface area contributed by atoms with Crippen LogP contribution in [0.1, 0.15) is 19.4 Å². The van der Waals surface area contributed by atoms with Gasteiger partial charge in [0.25, 0.3) is 5.91 Å². The maximum atomic E-state index is 12.1. The molecule has 0 atom stereocenters. The Balaban J connectivity index is 1.94. The first-order valence-electron chi connectivity index (χ1n) is 8.21. The van der Waals surface area contributed by atoms with Crippen molar-refractivity contribution in [3.63, 3.8) is 0 Å². The van der Waals surface area contributed by atoms with Crippen molar-refractivity contribution in [1.82, 2.24) is 5.43 Å². The van der Waals surface area contributed by atoms with Crippen LogP contribution in [-0.4, -0.2) is 36.9 Å². The van der Waals surface area contributed by atoms with Gasteiger partial charge in [-0.05, 0) is 38.1 Å². The second-order valence-electron chi connectivity index (χ2n) is 5.34. The first-order valence-corrected chi connectivity index (χ1v) is 8.21. The number of rotatable bonds is 8. The van der Waals surface area contributed by atoms with Crippen molar-refractivity contribution < 1.29 is 14.6 Å². The molecule has 0 radical (unpaired) electrons. The van der Waals surface area contributed by atoms with Gasteiger partial charge in [0.15, 0.2) is 0 Å². The monoisotopic (exact) mass is 341 g/mol. The van der Waals surface area contributed by atoms with E-state index in [0.29, 0.717) is 24.5 Å². The predicted molar refractivity (Wildman–Crippen MR) is 99.3 cm³/mol. The van der Waals surface area contributed by atoms with E-state index < -0.39 is 0 Å². The van der Waals surface area contributed by atoms with Gasteiger partial charge in [-0.1, -0.05) is 18.2 Å². The maximum Gasteiger partial charge on any atom is 0.259 e. The molecule has 0 saturated carbocycles. The molecule has 0 fully saturated rings. The summed E-state index contributed by atoms with van der Waals surface area (Å²) in [4.78, 5) is 14.0. The fraction of sp³-hybridized carbons (Fsp3) is 0.263. The van der Waals surface area contributed by atoms with Crippen molar-refractivity contribution in [3.05, 3.63) is 54.1 Å². The molecule has 2 N–H and O–H groups in total. The first kappa shape index (κ1) is 18.3. The number of likely N-dealkylation sites (N-methyl/N-ethyl adjacent to an activating group) is 1. The zero-order valence-corrected chi connectivity index (χ0v) is 14.5. The third-order valence-corrected chi connectivity index (χ3v) is 3.47. The quantitative estimate of drug-likeness (QED) is 0.572. The number of nitrogens with zero attached hydrogens (tertiary/aromatic N) is 2. The predicted octanol–water partition coefficient (Wildman–Crippen LogP) is 2.77. The average Bonchev–Trinajstić information content (AvgIpc) is 2.60. The molecule has 0 spiro atoms. The number of phenolic OH excluding ortho intramolecular Hbond substituents is 1. The van der Waals surface area contributed by atoms with Crippen molar-refractivity contribution in [2.75, 3.05) is 24.6 Å². The van der Waals surface area contributed by atoms with E-state index in [0.717, 1.165) is 5.69 Å². The molecule has 25 heavy (non-hydrogen) atoms. The summed E-state index contributed by atoms with van der Waals surface area (Å²) in [7, 11) is 0. The zero-order valence-electron chi connectivity index (χ0n) is 14.5. The van der Waals surface area contributed by atoms with Crippen molar-refractivity contribution in [2.45, 2.75) is 13.8 Å². The number of aromatic hydroxyl groups is 1. The Kier molecular flexibility index (Phi) is 6.83. The summed E-state index contributed by atoms with van der Waals surface area (Å²) in [5.41, 5.74) is 4.13. The van der Waals surface area contributed by atoms with Crippen molar-refractivity contribution in [3.8, 4) is 11.5 Å². The lowest BCUT2D eigenvalue weighted by Crippen LogP contribution is -2.35. The smallest absolute Gasteiger partial charge is 0.259 e. The number of carbonyl (C=O) groups excluding carboxylic acids is 1. The molecule has 0 aromatic heterocycles. The highest BCUT2D eigenvalue weighted by Gasteiger charge is 2.08. The highest BCUT2D eigenvalue weighted by molar-refractivity contribution is 5.85. The Labute approximate surface area is 147 Å². The van der Waals surface area contributed by atoms with Crippen LogP contribution in [0, 0.1) is 0 Å². The number of hydrogen-bond donors (Lipinski definition) is 2. The van der Waals surface area contributed by atoms with E-state index in [9.17, 15) is 9.90 Å². The Morgan fingerprint density at radius 1 is 1.24 bits per heavy atom. The highest BCUT2D eigenvalue weighted by atomic mass is 16.5. The van der Waals surface area contributed by atoms with E-state index >= 15 is 0 Å². The third kappa shape index (κ3) is 5.84. The number of carbonyl (C=O) groups is 1. The van der Waals surface area contributed by atoms with Crippen LogP contribution in [0.15, 0.2) is 53.6 Å². The Hall–Kier alpha value is -3.02. The van der Waals surface area contributed by atoms with Gasteiger partial charge in [-0.3, -0.25) is 4.79 Å². The van der Waals surface area contributed by atoms with Crippen LogP contribution in [0.25, 0.3) is 0 Å². The molecule has 2 rings (SSSR count). The van der Waals surface area contributed by atoms with Gasteiger partial charge in [-0.15, -0.1) is 0 Å². The summed E-state index contributed by atoms with van der Waals surface area (Å²) in [5, 5.41) is 13.6. The van der Waals surface area contributed by atoms with Crippen LogP contribution in [0.4, 0.5) is 5.69 Å². The van der Waals surface area contributed by atoms with Crippen LogP contribution >= 0.6 is 0 Å². The molecular weight excluding hydrogens is 318 g/mol. The Morgan fingerprint density at radius 2 is 2.00 bits per heavy atom. The zero-order chi connectivity index (χ0) is 18.1. The maximum absolute atomic E-state index is 12.1. The minimum absolute atomic E-state index is 0.0833. The minimum Gasteiger partial charge on any atom is -0.508 e.